The van der Waals surface area contributed by atoms with Crippen molar-refractivity contribution >= 4 is 5.95 Å². The largest absolute Gasteiger partial charge is 0.376 e. The van der Waals surface area contributed by atoms with Crippen LogP contribution in [0.25, 0.3) is 0 Å². The summed E-state index contributed by atoms with van der Waals surface area (Å²) in [6.45, 7) is 10.1. The van der Waals surface area contributed by atoms with Gasteiger partial charge < -0.3 is 15.0 Å². The first-order chi connectivity index (χ1) is 10.7. The van der Waals surface area contributed by atoms with Crippen LogP contribution in [-0.2, 0) is 16.8 Å². The molecule has 0 bridgehead atoms. The molecule has 5 nitrogen and oxygen atoms in total. The molecular formula is C17H26N4O. The van der Waals surface area contributed by atoms with Crippen molar-refractivity contribution in [2.24, 2.45) is 5.92 Å². The van der Waals surface area contributed by atoms with Crippen molar-refractivity contribution in [3.63, 3.8) is 0 Å². The fourth-order valence-corrected chi connectivity index (χ4v) is 3.80. The van der Waals surface area contributed by atoms with Crippen molar-refractivity contribution < 1.29 is 4.74 Å². The van der Waals surface area contributed by atoms with Crippen molar-refractivity contribution in [2.75, 3.05) is 38.1 Å². The molecule has 1 aliphatic carbocycles. The third-order valence-corrected chi connectivity index (χ3v) is 5.47. The second kappa shape index (κ2) is 5.46. The molecular weight excluding hydrogens is 276 g/mol. The van der Waals surface area contributed by atoms with Crippen LogP contribution < -0.4 is 5.32 Å². The number of hydrogen-bond acceptors (Lipinski definition) is 5. The van der Waals surface area contributed by atoms with E-state index in [0.29, 0.717) is 6.61 Å². The molecule has 1 N–H and O–H groups in total. The minimum atomic E-state index is 0.0767. The van der Waals surface area contributed by atoms with Gasteiger partial charge in [-0.3, -0.25) is 0 Å². The predicted octanol–water partition coefficient (Wildman–Crippen LogP) is 2.10. The molecule has 3 heterocycles. The van der Waals surface area contributed by atoms with Gasteiger partial charge in [0.2, 0.25) is 5.95 Å². The Kier molecular flexibility index (Phi) is 3.57. The van der Waals surface area contributed by atoms with Crippen LogP contribution in [0.4, 0.5) is 5.95 Å². The smallest absolute Gasteiger partial charge is 0.223 e. The van der Waals surface area contributed by atoms with Gasteiger partial charge in [-0.15, -0.1) is 0 Å². The molecule has 3 aliphatic rings. The molecule has 22 heavy (non-hydrogen) atoms. The first-order valence-electron chi connectivity index (χ1n) is 8.62. The second-order valence-corrected chi connectivity index (χ2v) is 7.18. The maximum absolute atomic E-state index is 5.93. The van der Waals surface area contributed by atoms with Crippen LogP contribution in [0, 0.1) is 12.8 Å². The molecule has 4 rings (SSSR count). The maximum atomic E-state index is 5.93. The topological polar surface area (TPSA) is 50.3 Å². The Hall–Kier alpha value is -1.20. The Morgan fingerprint density at radius 2 is 2.23 bits per heavy atom. The van der Waals surface area contributed by atoms with E-state index in [9.17, 15) is 0 Å². The first-order valence-corrected chi connectivity index (χ1v) is 8.62. The molecule has 5 heteroatoms. The van der Waals surface area contributed by atoms with Gasteiger partial charge in [-0.1, -0.05) is 6.92 Å². The van der Waals surface area contributed by atoms with Crippen LogP contribution in [0.3, 0.4) is 0 Å². The van der Waals surface area contributed by atoms with E-state index in [1.54, 1.807) is 0 Å². The van der Waals surface area contributed by atoms with Crippen LogP contribution in [0.5, 0.6) is 0 Å². The Morgan fingerprint density at radius 3 is 2.95 bits per heavy atom. The van der Waals surface area contributed by atoms with E-state index in [1.165, 1.54) is 24.1 Å². The summed E-state index contributed by atoms with van der Waals surface area (Å²) in [5.41, 5.74) is 3.63. The van der Waals surface area contributed by atoms with Crippen molar-refractivity contribution in [1.29, 1.82) is 0 Å². The highest BCUT2D eigenvalue weighted by atomic mass is 16.5. The number of hydrogen-bond donors (Lipinski definition) is 1. The lowest BCUT2D eigenvalue weighted by molar-refractivity contribution is 0.0504. The number of likely N-dealkylation sites (N-methyl/N-ethyl adjacent to an activating group) is 1. The number of nitrogens with zero attached hydrogens (tertiary/aromatic N) is 3. The highest BCUT2D eigenvalue weighted by Crippen LogP contribution is 2.40. The Balaban J connectivity index is 1.66. The molecule has 1 saturated heterocycles. The highest BCUT2D eigenvalue weighted by Gasteiger charge is 2.45. The normalized spacial score (nSPS) is 28.1. The summed E-state index contributed by atoms with van der Waals surface area (Å²) >= 11 is 0. The molecule has 1 unspecified atom stereocenters. The average Bonchev–Trinajstić information content (AvgIpc) is 3.27. The summed E-state index contributed by atoms with van der Waals surface area (Å²) in [7, 11) is 0. The van der Waals surface area contributed by atoms with E-state index in [2.05, 4.69) is 29.0 Å². The Bertz CT molecular complexity index is 572. The molecule has 1 saturated carbocycles. The van der Waals surface area contributed by atoms with E-state index in [0.717, 1.165) is 56.8 Å². The minimum absolute atomic E-state index is 0.0767. The maximum Gasteiger partial charge on any atom is 0.223 e. The zero-order valence-electron chi connectivity index (χ0n) is 13.7. The fraction of sp³-hybridized carbons (Fsp3) is 0.765. The lowest BCUT2D eigenvalue weighted by Gasteiger charge is -2.35. The first kappa shape index (κ1) is 14.4. The molecule has 0 aromatic carbocycles. The van der Waals surface area contributed by atoms with Gasteiger partial charge in [-0.25, -0.2) is 9.97 Å². The number of likely N-dealkylation sites (tertiary alicyclic amines) is 1. The van der Waals surface area contributed by atoms with Crippen LogP contribution in [0.2, 0.25) is 0 Å². The number of nitrogens with one attached hydrogen (secondary N) is 1. The Morgan fingerprint density at radius 1 is 1.36 bits per heavy atom. The lowest BCUT2D eigenvalue weighted by Crippen LogP contribution is -2.41. The van der Waals surface area contributed by atoms with Gasteiger partial charge in [0.15, 0.2) is 0 Å². The average molecular weight is 302 g/mol. The van der Waals surface area contributed by atoms with E-state index in [1.807, 2.05) is 0 Å². The van der Waals surface area contributed by atoms with Crippen molar-refractivity contribution in [3.8, 4) is 0 Å². The zero-order chi connectivity index (χ0) is 15.2. The molecule has 0 amide bonds. The molecule has 2 aliphatic heterocycles. The van der Waals surface area contributed by atoms with E-state index < -0.39 is 0 Å². The van der Waals surface area contributed by atoms with Gasteiger partial charge in [-0.2, -0.15) is 0 Å². The van der Waals surface area contributed by atoms with Crippen LogP contribution in [0.15, 0.2) is 0 Å². The number of ether oxygens (including phenoxy) is 1. The van der Waals surface area contributed by atoms with Crippen molar-refractivity contribution in [3.05, 3.63) is 17.0 Å². The molecule has 1 atom stereocenters. The van der Waals surface area contributed by atoms with E-state index >= 15 is 0 Å². The molecule has 1 aromatic rings. The third kappa shape index (κ3) is 2.50. The lowest BCUT2D eigenvalue weighted by atomic mass is 9.80. The molecule has 1 aromatic heterocycles. The molecule has 2 fully saturated rings. The van der Waals surface area contributed by atoms with Gasteiger partial charge in [0, 0.05) is 24.3 Å². The van der Waals surface area contributed by atoms with Crippen LogP contribution in [-0.4, -0.2) is 47.7 Å². The third-order valence-electron chi connectivity index (χ3n) is 5.47. The standard InChI is InChI=1S/C17H26N4O/c1-3-21-7-6-17(10-21)11-22-9-14-12(2)19-16(20-15(14)17)18-8-13-4-5-13/h13H,3-11H2,1-2H3,(H,18,19,20). The summed E-state index contributed by atoms with van der Waals surface area (Å²) in [5.74, 6) is 1.65. The summed E-state index contributed by atoms with van der Waals surface area (Å²) in [6.07, 6.45) is 3.84. The Labute approximate surface area is 132 Å². The number of aromatic nitrogens is 2. The van der Waals surface area contributed by atoms with E-state index in [4.69, 9.17) is 9.72 Å². The van der Waals surface area contributed by atoms with Crippen LogP contribution in [0.1, 0.15) is 43.1 Å². The van der Waals surface area contributed by atoms with E-state index in [-0.39, 0.29) is 5.41 Å². The van der Waals surface area contributed by atoms with Crippen molar-refractivity contribution in [1.82, 2.24) is 14.9 Å². The van der Waals surface area contributed by atoms with Crippen molar-refractivity contribution in [2.45, 2.75) is 45.1 Å². The van der Waals surface area contributed by atoms with Gasteiger partial charge >= 0.3 is 0 Å². The van der Waals surface area contributed by atoms with Gasteiger partial charge in [0.1, 0.15) is 0 Å². The SMILES string of the molecule is CCN1CCC2(COCc3c(C)nc(NCC4CC4)nc32)C1. The number of anilines is 1. The molecule has 0 radical (unpaired) electrons. The van der Waals surface area contributed by atoms with Gasteiger partial charge in [0.25, 0.3) is 0 Å². The van der Waals surface area contributed by atoms with Gasteiger partial charge in [0.05, 0.1) is 24.3 Å². The summed E-state index contributed by atoms with van der Waals surface area (Å²) in [6, 6.07) is 0. The zero-order valence-corrected chi connectivity index (χ0v) is 13.7. The quantitative estimate of drug-likeness (QED) is 0.923. The monoisotopic (exact) mass is 302 g/mol. The number of fused-ring (bicyclic) bond motifs is 2. The summed E-state index contributed by atoms with van der Waals surface area (Å²) in [5, 5.41) is 3.45. The minimum Gasteiger partial charge on any atom is -0.376 e. The number of rotatable bonds is 4. The summed E-state index contributed by atoms with van der Waals surface area (Å²) < 4.78 is 5.93. The fourth-order valence-electron chi connectivity index (χ4n) is 3.80. The summed E-state index contributed by atoms with van der Waals surface area (Å²) in [4.78, 5) is 12.1. The molecule has 1 spiro atoms. The van der Waals surface area contributed by atoms with Crippen LogP contribution >= 0.6 is 0 Å². The predicted molar refractivity (Wildman–Crippen MR) is 86.0 cm³/mol. The van der Waals surface area contributed by atoms with Gasteiger partial charge in [-0.05, 0) is 45.2 Å². The molecule has 120 valence electrons. The second-order valence-electron chi connectivity index (χ2n) is 7.18. The number of aryl methyl sites for hydroxylation is 1. The highest BCUT2D eigenvalue weighted by molar-refractivity contribution is 5.40.